The highest BCUT2D eigenvalue weighted by Crippen LogP contribution is 2.33. The molecule has 0 saturated carbocycles. The van der Waals surface area contributed by atoms with E-state index in [0.717, 1.165) is 0 Å². The van der Waals surface area contributed by atoms with Crippen molar-refractivity contribution in [2.24, 2.45) is 5.73 Å². The average molecular weight is 436 g/mol. The second-order valence-electron chi connectivity index (χ2n) is 6.45. The molecule has 2 aliphatic heterocycles. The average Bonchev–Trinajstić information content (AvgIpc) is 2.94. The Morgan fingerprint density at radius 3 is 2.61 bits per heavy atom. The Hall–Kier alpha value is -1.59. The normalized spacial score (nSPS) is 18.7. The van der Waals surface area contributed by atoms with E-state index in [-0.39, 0.29) is 36.4 Å². The zero-order chi connectivity index (χ0) is 19.4. The largest absolute Gasteiger partial charge is 0.486 e. The summed E-state index contributed by atoms with van der Waals surface area (Å²) in [7, 11) is -2.21. The van der Waals surface area contributed by atoms with Crippen LogP contribution < -0.4 is 15.2 Å². The van der Waals surface area contributed by atoms with Gasteiger partial charge in [0.15, 0.2) is 11.5 Å². The standard InChI is InChI=1S/C17H25N3O6S.ClH/c1-24-12-14(18)17(21)19-5-2-6-20(8-7-19)27(22,23)13-3-4-15-16(11-13)26-10-9-25-15;/h3-4,11,14H,2,5-10,12,18H2,1H3;1H. The molecule has 1 amide bonds. The van der Waals surface area contributed by atoms with Gasteiger partial charge >= 0.3 is 0 Å². The van der Waals surface area contributed by atoms with Crippen LogP contribution in [-0.2, 0) is 19.6 Å². The van der Waals surface area contributed by atoms with Gasteiger partial charge in [-0.05, 0) is 18.6 Å². The number of carbonyl (C=O) groups is 1. The van der Waals surface area contributed by atoms with Gasteiger partial charge in [0.2, 0.25) is 15.9 Å². The van der Waals surface area contributed by atoms with Crippen LogP contribution in [0, 0.1) is 0 Å². The quantitative estimate of drug-likeness (QED) is 0.696. The summed E-state index contributed by atoms with van der Waals surface area (Å²) in [6.07, 6.45) is 0.537. The SMILES string of the molecule is COCC(N)C(=O)N1CCCN(S(=O)(=O)c2ccc3c(c2)OCCO3)CC1.Cl. The summed E-state index contributed by atoms with van der Waals surface area (Å²) < 4.78 is 43.3. The van der Waals surface area contributed by atoms with Gasteiger partial charge in [-0.25, -0.2) is 8.42 Å². The van der Waals surface area contributed by atoms with Crippen molar-refractivity contribution in [1.82, 2.24) is 9.21 Å². The van der Waals surface area contributed by atoms with Crippen molar-refractivity contribution in [2.75, 3.05) is 53.1 Å². The molecule has 1 atom stereocenters. The molecule has 1 aromatic carbocycles. The van der Waals surface area contributed by atoms with Crippen LogP contribution in [-0.4, -0.2) is 82.7 Å². The van der Waals surface area contributed by atoms with E-state index in [0.29, 0.717) is 50.8 Å². The molecule has 2 N–H and O–H groups in total. The van der Waals surface area contributed by atoms with Crippen molar-refractivity contribution in [3.05, 3.63) is 18.2 Å². The van der Waals surface area contributed by atoms with Crippen LogP contribution in [0.3, 0.4) is 0 Å². The van der Waals surface area contributed by atoms with Crippen molar-refractivity contribution in [2.45, 2.75) is 17.4 Å². The predicted molar refractivity (Wildman–Crippen MR) is 104 cm³/mol. The van der Waals surface area contributed by atoms with E-state index in [1.165, 1.54) is 23.5 Å². The number of hydrogen-bond acceptors (Lipinski definition) is 7. The summed E-state index contributed by atoms with van der Waals surface area (Å²) in [5, 5.41) is 0. The highest BCUT2D eigenvalue weighted by molar-refractivity contribution is 7.89. The summed E-state index contributed by atoms with van der Waals surface area (Å²) in [6, 6.07) is 3.88. The summed E-state index contributed by atoms with van der Waals surface area (Å²) >= 11 is 0. The van der Waals surface area contributed by atoms with Gasteiger partial charge in [0.05, 0.1) is 11.5 Å². The van der Waals surface area contributed by atoms with Gasteiger partial charge in [-0.1, -0.05) is 0 Å². The molecule has 0 bridgehead atoms. The van der Waals surface area contributed by atoms with Crippen LogP contribution >= 0.6 is 12.4 Å². The smallest absolute Gasteiger partial charge is 0.243 e. The second kappa shape index (κ2) is 9.75. The van der Waals surface area contributed by atoms with E-state index in [1.807, 2.05) is 0 Å². The van der Waals surface area contributed by atoms with Crippen molar-refractivity contribution in [3.63, 3.8) is 0 Å². The van der Waals surface area contributed by atoms with Crippen LogP contribution in [0.25, 0.3) is 0 Å². The molecule has 2 heterocycles. The number of carbonyl (C=O) groups excluding carboxylic acids is 1. The van der Waals surface area contributed by atoms with E-state index >= 15 is 0 Å². The number of nitrogens with zero attached hydrogens (tertiary/aromatic N) is 2. The zero-order valence-electron chi connectivity index (χ0n) is 15.7. The maximum Gasteiger partial charge on any atom is 0.243 e. The Morgan fingerprint density at radius 2 is 1.89 bits per heavy atom. The third kappa shape index (κ3) is 4.87. The first-order chi connectivity index (χ1) is 12.9. The molecule has 9 nitrogen and oxygen atoms in total. The number of methoxy groups -OCH3 is 1. The minimum Gasteiger partial charge on any atom is -0.486 e. The van der Waals surface area contributed by atoms with Gasteiger partial charge in [-0.15, -0.1) is 12.4 Å². The number of benzene rings is 1. The summed E-state index contributed by atoms with van der Waals surface area (Å²) in [4.78, 5) is 14.1. The Morgan fingerprint density at radius 1 is 1.18 bits per heavy atom. The molecule has 28 heavy (non-hydrogen) atoms. The van der Waals surface area contributed by atoms with Gasteiger partial charge in [-0.2, -0.15) is 4.31 Å². The Balaban J connectivity index is 0.00000280. The van der Waals surface area contributed by atoms with E-state index in [4.69, 9.17) is 19.9 Å². The lowest BCUT2D eigenvalue weighted by molar-refractivity contribution is -0.133. The lowest BCUT2D eigenvalue weighted by Gasteiger charge is -2.24. The van der Waals surface area contributed by atoms with Gasteiger partial charge < -0.3 is 24.8 Å². The third-order valence-corrected chi connectivity index (χ3v) is 6.48. The molecule has 2 aliphatic rings. The maximum atomic E-state index is 13.0. The highest BCUT2D eigenvalue weighted by Gasteiger charge is 2.30. The maximum absolute atomic E-state index is 13.0. The minimum atomic E-state index is -3.69. The van der Waals surface area contributed by atoms with Crippen LogP contribution in [0.2, 0.25) is 0 Å². The molecule has 11 heteroatoms. The van der Waals surface area contributed by atoms with Crippen LogP contribution in [0.5, 0.6) is 11.5 Å². The molecule has 1 saturated heterocycles. The highest BCUT2D eigenvalue weighted by atomic mass is 35.5. The van der Waals surface area contributed by atoms with Crippen molar-refractivity contribution >= 4 is 28.3 Å². The molecule has 1 aromatic rings. The molecule has 3 rings (SSSR count). The monoisotopic (exact) mass is 435 g/mol. The fourth-order valence-corrected chi connectivity index (χ4v) is 4.66. The molecule has 0 aromatic heterocycles. The third-order valence-electron chi connectivity index (χ3n) is 4.58. The number of ether oxygens (including phenoxy) is 3. The fraction of sp³-hybridized carbons (Fsp3) is 0.588. The summed E-state index contributed by atoms with van der Waals surface area (Å²) in [5.41, 5.74) is 5.81. The zero-order valence-corrected chi connectivity index (χ0v) is 17.3. The molecule has 0 radical (unpaired) electrons. The first-order valence-corrected chi connectivity index (χ1v) is 10.3. The van der Waals surface area contributed by atoms with Crippen LogP contribution in [0.15, 0.2) is 23.1 Å². The number of rotatable bonds is 5. The van der Waals surface area contributed by atoms with Crippen molar-refractivity contribution < 1.29 is 27.4 Å². The number of halogens is 1. The molecule has 158 valence electrons. The molecule has 0 aliphatic carbocycles. The Kier molecular flexibility index (Phi) is 7.90. The molecular formula is C17H26ClN3O6S. The topological polar surface area (TPSA) is 111 Å². The lowest BCUT2D eigenvalue weighted by atomic mass is 10.2. The summed E-state index contributed by atoms with van der Waals surface area (Å²) in [6.45, 7) is 2.26. The predicted octanol–water partition coefficient (Wildman–Crippen LogP) is 0.0763. The Labute approximate surface area is 171 Å². The molecule has 1 fully saturated rings. The number of amides is 1. The van der Waals surface area contributed by atoms with Gasteiger partial charge in [0.25, 0.3) is 0 Å². The summed E-state index contributed by atoms with van der Waals surface area (Å²) in [5.74, 6) is 0.745. The van der Waals surface area contributed by atoms with Crippen molar-refractivity contribution in [3.8, 4) is 11.5 Å². The van der Waals surface area contributed by atoms with Gasteiger partial charge in [0.1, 0.15) is 19.3 Å². The van der Waals surface area contributed by atoms with Gasteiger partial charge in [-0.3, -0.25) is 4.79 Å². The van der Waals surface area contributed by atoms with Crippen LogP contribution in [0.1, 0.15) is 6.42 Å². The molecule has 1 unspecified atom stereocenters. The number of hydrogen-bond donors (Lipinski definition) is 1. The van der Waals surface area contributed by atoms with E-state index in [1.54, 1.807) is 11.0 Å². The fourth-order valence-electron chi connectivity index (χ4n) is 3.17. The number of fused-ring (bicyclic) bond motifs is 1. The van der Waals surface area contributed by atoms with E-state index in [2.05, 4.69) is 0 Å². The first-order valence-electron chi connectivity index (χ1n) is 8.86. The lowest BCUT2D eigenvalue weighted by Crippen LogP contribution is -2.47. The Bertz CT molecular complexity index is 791. The minimum absolute atomic E-state index is 0. The number of sulfonamides is 1. The van der Waals surface area contributed by atoms with Crippen LogP contribution in [0.4, 0.5) is 0 Å². The van der Waals surface area contributed by atoms with Crippen molar-refractivity contribution in [1.29, 1.82) is 0 Å². The first kappa shape index (κ1) is 22.7. The number of nitrogens with two attached hydrogens (primary N) is 1. The van der Waals surface area contributed by atoms with E-state index < -0.39 is 16.1 Å². The molecule has 0 spiro atoms. The van der Waals surface area contributed by atoms with E-state index in [9.17, 15) is 13.2 Å². The van der Waals surface area contributed by atoms with Gasteiger partial charge in [0, 0.05) is 39.4 Å². The molecular weight excluding hydrogens is 410 g/mol. The second-order valence-corrected chi connectivity index (χ2v) is 8.39.